The Bertz CT molecular complexity index is 440. The zero-order valence-electron chi connectivity index (χ0n) is 10.4. The summed E-state index contributed by atoms with van der Waals surface area (Å²) < 4.78 is 0. The summed E-state index contributed by atoms with van der Waals surface area (Å²) in [6.45, 7) is 2.70. The molecule has 1 saturated carbocycles. The van der Waals surface area contributed by atoms with Gasteiger partial charge in [0.15, 0.2) is 5.13 Å². The second-order valence-corrected chi connectivity index (χ2v) is 5.29. The molecule has 1 aromatic rings. The molecule has 1 aromatic heterocycles. The third-order valence-corrected chi connectivity index (χ3v) is 3.45. The molecule has 2 N–H and O–H groups in total. The van der Waals surface area contributed by atoms with Crippen LogP contribution in [0.1, 0.15) is 31.9 Å². The van der Waals surface area contributed by atoms with Crippen LogP contribution in [0.4, 0.5) is 5.13 Å². The Morgan fingerprint density at radius 1 is 1.50 bits per heavy atom. The Morgan fingerprint density at radius 2 is 2.28 bits per heavy atom. The standard InChI is InChI=1S/C12H17N3O2S/c1-2-5-13-10(16)6-9-7-18-12(14-9)15-11(17)8-3-4-8/h7-8H,2-6H2,1H3,(H,13,16)(H,14,15,17). The molecule has 2 amide bonds. The van der Waals surface area contributed by atoms with Gasteiger partial charge in [-0.1, -0.05) is 6.92 Å². The molecule has 1 aliphatic carbocycles. The molecule has 0 saturated heterocycles. The number of aromatic nitrogens is 1. The second kappa shape index (κ2) is 5.95. The Hall–Kier alpha value is -1.43. The van der Waals surface area contributed by atoms with E-state index in [4.69, 9.17) is 0 Å². The summed E-state index contributed by atoms with van der Waals surface area (Å²) in [6, 6.07) is 0. The van der Waals surface area contributed by atoms with Crippen LogP contribution in [0, 0.1) is 5.92 Å². The van der Waals surface area contributed by atoms with E-state index < -0.39 is 0 Å². The molecule has 0 radical (unpaired) electrons. The van der Waals surface area contributed by atoms with Crippen molar-refractivity contribution in [3.63, 3.8) is 0 Å². The minimum atomic E-state index is -0.0257. The number of hydrogen-bond acceptors (Lipinski definition) is 4. The topological polar surface area (TPSA) is 71.1 Å². The van der Waals surface area contributed by atoms with E-state index in [0.29, 0.717) is 17.4 Å². The highest BCUT2D eigenvalue weighted by atomic mass is 32.1. The Balaban J connectivity index is 1.81. The molecule has 0 bridgehead atoms. The summed E-state index contributed by atoms with van der Waals surface area (Å²) in [5, 5.41) is 7.98. The summed E-state index contributed by atoms with van der Waals surface area (Å²) in [5.41, 5.74) is 0.708. The van der Waals surface area contributed by atoms with Crippen LogP contribution in [0.5, 0.6) is 0 Å². The van der Waals surface area contributed by atoms with Crippen LogP contribution in [0.3, 0.4) is 0 Å². The third kappa shape index (κ3) is 3.80. The first-order valence-electron chi connectivity index (χ1n) is 6.21. The van der Waals surface area contributed by atoms with Crippen LogP contribution in [0.2, 0.25) is 0 Å². The Kier molecular flexibility index (Phi) is 4.30. The summed E-state index contributed by atoms with van der Waals surface area (Å²) in [4.78, 5) is 27.2. The Morgan fingerprint density at radius 3 is 2.94 bits per heavy atom. The van der Waals surface area contributed by atoms with Gasteiger partial charge in [-0.3, -0.25) is 9.59 Å². The van der Waals surface area contributed by atoms with E-state index in [1.165, 1.54) is 11.3 Å². The minimum Gasteiger partial charge on any atom is -0.356 e. The molecule has 5 nitrogen and oxygen atoms in total. The second-order valence-electron chi connectivity index (χ2n) is 4.43. The highest BCUT2D eigenvalue weighted by Crippen LogP contribution is 2.30. The van der Waals surface area contributed by atoms with Gasteiger partial charge in [-0.05, 0) is 19.3 Å². The van der Waals surface area contributed by atoms with Gasteiger partial charge in [0.1, 0.15) is 0 Å². The molecule has 0 aliphatic heterocycles. The molecule has 98 valence electrons. The lowest BCUT2D eigenvalue weighted by Crippen LogP contribution is -2.25. The fourth-order valence-corrected chi connectivity index (χ4v) is 2.20. The highest BCUT2D eigenvalue weighted by molar-refractivity contribution is 7.13. The van der Waals surface area contributed by atoms with Gasteiger partial charge in [-0.25, -0.2) is 4.98 Å². The van der Waals surface area contributed by atoms with Crippen molar-refractivity contribution in [3.8, 4) is 0 Å². The van der Waals surface area contributed by atoms with E-state index in [-0.39, 0.29) is 24.2 Å². The van der Waals surface area contributed by atoms with Crippen LogP contribution in [0.15, 0.2) is 5.38 Å². The fraction of sp³-hybridized carbons (Fsp3) is 0.583. The van der Waals surface area contributed by atoms with E-state index in [9.17, 15) is 9.59 Å². The number of thiazole rings is 1. The minimum absolute atomic E-state index is 0.0257. The Labute approximate surface area is 110 Å². The van der Waals surface area contributed by atoms with Gasteiger partial charge in [0.25, 0.3) is 0 Å². The van der Waals surface area contributed by atoms with Crippen molar-refractivity contribution in [2.24, 2.45) is 5.92 Å². The molecular weight excluding hydrogens is 250 g/mol. The SMILES string of the molecule is CCCNC(=O)Cc1csc(NC(=O)C2CC2)n1. The van der Waals surface area contributed by atoms with Gasteiger partial charge in [-0.15, -0.1) is 11.3 Å². The lowest BCUT2D eigenvalue weighted by atomic mass is 10.3. The van der Waals surface area contributed by atoms with Crippen molar-refractivity contribution in [3.05, 3.63) is 11.1 Å². The maximum absolute atomic E-state index is 11.5. The molecule has 1 fully saturated rings. The van der Waals surface area contributed by atoms with Crippen molar-refractivity contribution in [2.75, 3.05) is 11.9 Å². The van der Waals surface area contributed by atoms with Gasteiger partial charge in [0.05, 0.1) is 12.1 Å². The van der Waals surface area contributed by atoms with E-state index in [0.717, 1.165) is 19.3 Å². The third-order valence-electron chi connectivity index (χ3n) is 2.64. The van der Waals surface area contributed by atoms with Crippen molar-refractivity contribution in [1.82, 2.24) is 10.3 Å². The molecule has 0 unspecified atom stereocenters. The molecule has 2 rings (SSSR count). The predicted molar refractivity (Wildman–Crippen MR) is 70.5 cm³/mol. The van der Waals surface area contributed by atoms with Crippen molar-refractivity contribution in [1.29, 1.82) is 0 Å². The number of amides is 2. The highest BCUT2D eigenvalue weighted by Gasteiger charge is 2.30. The normalized spacial score (nSPS) is 14.3. The first-order chi connectivity index (χ1) is 8.69. The summed E-state index contributed by atoms with van der Waals surface area (Å²) in [7, 11) is 0. The monoisotopic (exact) mass is 267 g/mol. The first kappa shape index (κ1) is 13.0. The average Bonchev–Trinajstić information content (AvgIpc) is 3.11. The zero-order chi connectivity index (χ0) is 13.0. The number of rotatable bonds is 6. The largest absolute Gasteiger partial charge is 0.356 e. The number of nitrogens with zero attached hydrogens (tertiary/aromatic N) is 1. The lowest BCUT2D eigenvalue weighted by molar-refractivity contribution is -0.120. The maximum Gasteiger partial charge on any atom is 0.229 e. The quantitative estimate of drug-likeness (QED) is 0.821. The molecular formula is C12H17N3O2S. The van der Waals surface area contributed by atoms with E-state index >= 15 is 0 Å². The van der Waals surface area contributed by atoms with Crippen LogP contribution in [0.25, 0.3) is 0 Å². The summed E-state index contributed by atoms with van der Waals surface area (Å²) in [6.07, 6.45) is 3.15. The van der Waals surface area contributed by atoms with Gasteiger partial charge in [0.2, 0.25) is 11.8 Å². The molecule has 0 spiro atoms. The van der Waals surface area contributed by atoms with Gasteiger partial charge in [0, 0.05) is 17.8 Å². The van der Waals surface area contributed by atoms with Crippen LogP contribution < -0.4 is 10.6 Å². The van der Waals surface area contributed by atoms with Gasteiger partial charge < -0.3 is 10.6 Å². The smallest absolute Gasteiger partial charge is 0.229 e. The number of nitrogens with one attached hydrogen (secondary N) is 2. The van der Waals surface area contributed by atoms with Gasteiger partial charge in [-0.2, -0.15) is 0 Å². The van der Waals surface area contributed by atoms with E-state index in [2.05, 4.69) is 15.6 Å². The van der Waals surface area contributed by atoms with E-state index in [1.807, 2.05) is 12.3 Å². The van der Waals surface area contributed by atoms with E-state index in [1.54, 1.807) is 0 Å². The molecule has 1 aliphatic rings. The van der Waals surface area contributed by atoms with Gasteiger partial charge >= 0.3 is 0 Å². The van der Waals surface area contributed by atoms with Crippen LogP contribution >= 0.6 is 11.3 Å². The molecule has 18 heavy (non-hydrogen) atoms. The first-order valence-corrected chi connectivity index (χ1v) is 7.09. The lowest BCUT2D eigenvalue weighted by Gasteiger charge is -2.01. The average molecular weight is 267 g/mol. The number of anilines is 1. The summed E-state index contributed by atoms with van der Waals surface area (Å²) >= 11 is 1.37. The fourth-order valence-electron chi connectivity index (χ4n) is 1.49. The molecule has 0 atom stereocenters. The van der Waals surface area contributed by atoms with Crippen molar-refractivity contribution >= 4 is 28.3 Å². The molecule has 0 aromatic carbocycles. The predicted octanol–water partition coefficient (Wildman–Crippen LogP) is 1.56. The van der Waals surface area contributed by atoms with Crippen molar-refractivity contribution < 1.29 is 9.59 Å². The van der Waals surface area contributed by atoms with Crippen LogP contribution in [-0.2, 0) is 16.0 Å². The number of carbonyl (C=O) groups excluding carboxylic acids is 2. The molecule has 1 heterocycles. The summed E-state index contributed by atoms with van der Waals surface area (Å²) in [5.74, 6) is 0.193. The zero-order valence-corrected chi connectivity index (χ0v) is 11.2. The van der Waals surface area contributed by atoms with Crippen molar-refractivity contribution in [2.45, 2.75) is 32.6 Å². The number of carbonyl (C=O) groups is 2. The molecule has 6 heteroatoms. The number of hydrogen-bond donors (Lipinski definition) is 2. The maximum atomic E-state index is 11.5. The van der Waals surface area contributed by atoms with Crippen LogP contribution in [-0.4, -0.2) is 23.3 Å².